The molecule has 0 amide bonds. The Morgan fingerprint density at radius 1 is 1.62 bits per heavy atom. The molecule has 1 fully saturated rings. The van der Waals surface area contributed by atoms with Crippen molar-refractivity contribution in [2.24, 2.45) is 5.92 Å². The van der Waals surface area contributed by atoms with Crippen LogP contribution in [0.3, 0.4) is 0 Å². The molecule has 0 radical (unpaired) electrons. The van der Waals surface area contributed by atoms with Crippen LogP contribution in [0.25, 0.3) is 0 Å². The fourth-order valence-corrected chi connectivity index (χ4v) is 4.14. The van der Waals surface area contributed by atoms with E-state index in [2.05, 4.69) is 40.3 Å². The summed E-state index contributed by atoms with van der Waals surface area (Å²) in [6, 6.07) is 4.77. The smallest absolute Gasteiger partial charge is 0.0701 e. The van der Waals surface area contributed by atoms with Crippen LogP contribution in [-0.2, 0) is 4.74 Å². The van der Waals surface area contributed by atoms with Crippen molar-refractivity contribution >= 4 is 27.3 Å². The zero-order valence-corrected chi connectivity index (χ0v) is 12.1. The van der Waals surface area contributed by atoms with Gasteiger partial charge in [-0.15, -0.1) is 11.3 Å². The maximum atomic E-state index is 5.78. The lowest BCUT2D eigenvalue weighted by atomic mass is 9.90. The third kappa shape index (κ3) is 2.50. The van der Waals surface area contributed by atoms with Gasteiger partial charge in [0.15, 0.2) is 0 Å². The first-order chi connectivity index (χ1) is 7.76. The van der Waals surface area contributed by atoms with Gasteiger partial charge >= 0.3 is 0 Å². The molecule has 1 saturated heterocycles. The average molecular weight is 304 g/mol. The molecule has 0 saturated carbocycles. The van der Waals surface area contributed by atoms with Gasteiger partial charge < -0.3 is 10.1 Å². The summed E-state index contributed by atoms with van der Waals surface area (Å²) in [5.41, 5.74) is 0. The van der Waals surface area contributed by atoms with Crippen molar-refractivity contribution in [2.45, 2.75) is 31.9 Å². The minimum atomic E-state index is 0.415. The maximum Gasteiger partial charge on any atom is 0.0701 e. The Morgan fingerprint density at radius 3 is 3.00 bits per heavy atom. The van der Waals surface area contributed by atoms with Crippen LogP contribution < -0.4 is 5.32 Å². The standard InChI is InChI=1S/C12H18BrNOS/c1-3-9-8(6-7-15-9)12(14-2)10-4-5-11(13)16-10/h4-5,8-9,12,14H,3,6-7H2,1-2H3. The minimum absolute atomic E-state index is 0.415. The van der Waals surface area contributed by atoms with Crippen LogP contribution in [-0.4, -0.2) is 19.8 Å². The van der Waals surface area contributed by atoms with Gasteiger partial charge in [0.25, 0.3) is 0 Å². The molecule has 0 aliphatic carbocycles. The van der Waals surface area contributed by atoms with Gasteiger partial charge in [0, 0.05) is 23.4 Å². The third-order valence-electron chi connectivity index (χ3n) is 3.30. The molecular formula is C12H18BrNOS. The third-order valence-corrected chi connectivity index (χ3v) is 5.01. The molecule has 3 unspecified atom stereocenters. The van der Waals surface area contributed by atoms with Crippen LogP contribution in [0, 0.1) is 5.92 Å². The molecule has 2 rings (SSSR count). The van der Waals surface area contributed by atoms with E-state index in [0.29, 0.717) is 18.1 Å². The van der Waals surface area contributed by atoms with Crippen molar-refractivity contribution < 1.29 is 4.74 Å². The molecular weight excluding hydrogens is 286 g/mol. The summed E-state index contributed by atoms with van der Waals surface area (Å²) in [6.45, 7) is 3.12. The zero-order valence-electron chi connectivity index (χ0n) is 9.70. The van der Waals surface area contributed by atoms with Crippen molar-refractivity contribution in [1.29, 1.82) is 0 Å². The summed E-state index contributed by atoms with van der Waals surface area (Å²) in [7, 11) is 2.04. The monoisotopic (exact) mass is 303 g/mol. The number of halogens is 1. The molecule has 1 aromatic heterocycles. The molecule has 3 atom stereocenters. The topological polar surface area (TPSA) is 21.3 Å². The summed E-state index contributed by atoms with van der Waals surface area (Å²) < 4.78 is 6.98. The zero-order chi connectivity index (χ0) is 11.5. The normalized spacial score (nSPS) is 27.2. The molecule has 2 heterocycles. The molecule has 4 heteroatoms. The molecule has 0 aromatic carbocycles. The molecule has 90 valence electrons. The van der Waals surface area contributed by atoms with Gasteiger partial charge in [-0.2, -0.15) is 0 Å². The van der Waals surface area contributed by atoms with E-state index >= 15 is 0 Å². The quantitative estimate of drug-likeness (QED) is 0.918. The molecule has 16 heavy (non-hydrogen) atoms. The van der Waals surface area contributed by atoms with Crippen LogP contribution in [0.15, 0.2) is 15.9 Å². The van der Waals surface area contributed by atoms with E-state index in [-0.39, 0.29) is 0 Å². The first kappa shape index (κ1) is 12.6. The predicted molar refractivity (Wildman–Crippen MR) is 72.0 cm³/mol. The number of nitrogens with one attached hydrogen (secondary N) is 1. The minimum Gasteiger partial charge on any atom is -0.378 e. The summed E-state index contributed by atoms with van der Waals surface area (Å²) in [5, 5.41) is 3.45. The molecule has 1 N–H and O–H groups in total. The average Bonchev–Trinajstić information content (AvgIpc) is 2.89. The fraction of sp³-hybridized carbons (Fsp3) is 0.667. The van der Waals surface area contributed by atoms with E-state index in [4.69, 9.17) is 4.74 Å². The van der Waals surface area contributed by atoms with Gasteiger partial charge in [-0.05, 0) is 48.0 Å². The number of hydrogen-bond donors (Lipinski definition) is 1. The second-order valence-electron chi connectivity index (χ2n) is 4.18. The van der Waals surface area contributed by atoms with E-state index in [1.54, 1.807) is 0 Å². The summed E-state index contributed by atoms with van der Waals surface area (Å²) in [6.07, 6.45) is 2.69. The van der Waals surface area contributed by atoms with Crippen molar-refractivity contribution in [3.05, 3.63) is 20.8 Å². The van der Waals surface area contributed by atoms with Crippen molar-refractivity contribution in [3.8, 4) is 0 Å². The largest absolute Gasteiger partial charge is 0.378 e. The summed E-state index contributed by atoms with van der Waals surface area (Å²) >= 11 is 5.35. The molecule has 2 nitrogen and oxygen atoms in total. The maximum absolute atomic E-state index is 5.78. The number of thiophene rings is 1. The molecule has 1 aliphatic rings. The highest BCUT2D eigenvalue weighted by Crippen LogP contribution is 2.38. The SMILES string of the molecule is CCC1OCCC1C(NC)c1ccc(Br)s1. The fourth-order valence-electron chi connectivity index (χ4n) is 2.53. The molecule has 0 bridgehead atoms. The van der Waals surface area contributed by atoms with E-state index in [9.17, 15) is 0 Å². The van der Waals surface area contributed by atoms with Crippen LogP contribution >= 0.6 is 27.3 Å². The Labute approximate surface area is 110 Å². The van der Waals surface area contributed by atoms with Gasteiger partial charge in [-0.1, -0.05) is 6.92 Å². The Kier molecular flexibility index (Phi) is 4.41. The first-order valence-electron chi connectivity index (χ1n) is 5.80. The van der Waals surface area contributed by atoms with Crippen LogP contribution in [0.2, 0.25) is 0 Å². The van der Waals surface area contributed by atoms with Gasteiger partial charge in [0.1, 0.15) is 0 Å². The Balaban J connectivity index is 2.15. The highest BCUT2D eigenvalue weighted by Gasteiger charge is 2.34. The van der Waals surface area contributed by atoms with Crippen molar-refractivity contribution in [2.75, 3.05) is 13.7 Å². The van der Waals surface area contributed by atoms with Gasteiger partial charge in [0.05, 0.1) is 9.89 Å². The lowest BCUT2D eigenvalue weighted by molar-refractivity contribution is 0.0786. The Morgan fingerprint density at radius 2 is 2.44 bits per heavy atom. The van der Waals surface area contributed by atoms with E-state index in [0.717, 1.165) is 13.0 Å². The van der Waals surface area contributed by atoms with Gasteiger partial charge in [-0.25, -0.2) is 0 Å². The Hall–Kier alpha value is 0.1000. The summed E-state index contributed by atoms with van der Waals surface area (Å²) in [5.74, 6) is 0.612. The van der Waals surface area contributed by atoms with E-state index in [1.165, 1.54) is 15.1 Å². The van der Waals surface area contributed by atoms with Gasteiger partial charge in [-0.3, -0.25) is 0 Å². The number of hydrogen-bond acceptors (Lipinski definition) is 3. The molecule has 1 aliphatic heterocycles. The molecule has 1 aromatic rings. The van der Waals surface area contributed by atoms with E-state index < -0.39 is 0 Å². The summed E-state index contributed by atoms with van der Waals surface area (Å²) in [4.78, 5) is 1.41. The van der Waals surface area contributed by atoms with Crippen molar-refractivity contribution in [1.82, 2.24) is 5.32 Å². The van der Waals surface area contributed by atoms with Crippen LogP contribution in [0.5, 0.6) is 0 Å². The molecule has 0 spiro atoms. The second-order valence-corrected chi connectivity index (χ2v) is 6.67. The van der Waals surface area contributed by atoms with Gasteiger partial charge in [0.2, 0.25) is 0 Å². The van der Waals surface area contributed by atoms with Crippen LogP contribution in [0.1, 0.15) is 30.7 Å². The lowest BCUT2D eigenvalue weighted by Crippen LogP contribution is -2.29. The van der Waals surface area contributed by atoms with Crippen LogP contribution in [0.4, 0.5) is 0 Å². The lowest BCUT2D eigenvalue weighted by Gasteiger charge is -2.25. The Bertz CT molecular complexity index is 342. The second kappa shape index (κ2) is 5.63. The van der Waals surface area contributed by atoms with Crippen molar-refractivity contribution in [3.63, 3.8) is 0 Å². The predicted octanol–water partition coefficient (Wildman–Crippen LogP) is 3.59. The highest BCUT2D eigenvalue weighted by molar-refractivity contribution is 9.11. The number of ether oxygens (including phenoxy) is 1. The highest BCUT2D eigenvalue weighted by atomic mass is 79.9. The van der Waals surface area contributed by atoms with E-state index in [1.807, 2.05) is 18.4 Å². The number of rotatable bonds is 4. The first-order valence-corrected chi connectivity index (χ1v) is 7.41.